The molecule has 3 heterocycles. The Hall–Kier alpha value is -2.54. The maximum atomic E-state index is 12.2. The molecule has 0 aliphatic carbocycles. The molecular weight excluding hydrogens is 334 g/mol. The number of nitrogens with one attached hydrogen (secondary N) is 1. The van der Waals surface area contributed by atoms with Gasteiger partial charge in [0.15, 0.2) is 17.3 Å². The molecule has 1 aromatic carbocycles. The van der Waals surface area contributed by atoms with Crippen molar-refractivity contribution < 1.29 is 18.8 Å². The summed E-state index contributed by atoms with van der Waals surface area (Å²) in [5.41, 5.74) is 1.22. The second-order valence-electron chi connectivity index (χ2n) is 6.72. The number of carbonyl (C=O) groups excluding carboxylic acids is 1. The first-order valence-corrected chi connectivity index (χ1v) is 9.06. The number of hydrogen-bond donors (Lipinski definition) is 1. The monoisotopic (exact) mass is 357 g/mol. The summed E-state index contributed by atoms with van der Waals surface area (Å²) in [5.74, 6) is 2.73. The molecule has 1 fully saturated rings. The SMILES string of the molecule is Cc1cc(NC(=O)CCN2CCCC2c2ccc3c(c2)OCCO3)no1. The number of anilines is 1. The number of ether oxygens (including phenoxy) is 2. The number of amides is 1. The van der Waals surface area contributed by atoms with E-state index in [1.807, 2.05) is 6.07 Å². The van der Waals surface area contributed by atoms with Crippen LogP contribution in [-0.4, -0.2) is 42.3 Å². The van der Waals surface area contributed by atoms with Gasteiger partial charge in [0.2, 0.25) is 5.91 Å². The Morgan fingerprint density at radius 3 is 2.92 bits per heavy atom. The molecule has 26 heavy (non-hydrogen) atoms. The van der Waals surface area contributed by atoms with E-state index in [0.717, 1.165) is 30.9 Å². The standard InChI is InChI=1S/C19H23N3O4/c1-13-11-18(21-26-13)20-19(23)6-8-22-7-2-3-15(22)14-4-5-16-17(12-14)25-10-9-24-16/h4-5,11-12,15H,2-3,6-10H2,1H3,(H,20,21,23). The second kappa shape index (κ2) is 7.37. The minimum atomic E-state index is -0.0499. The van der Waals surface area contributed by atoms with Crippen LogP contribution in [0.3, 0.4) is 0 Å². The highest BCUT2D eigenvalue weighted by atomic mass is 16.6. The largest absolute Gasteiger partial charge is 0.486 e. The number of benzene rings is 1. The lowest BCUT2D eigenvalue weighted by molar-refractivity contribution is -0.116. The van der Waals surface area contributed by atoms with Crippen LogP contribution in [0.15, 0.2) is 28.8 Å². The molecule has 1 aromatic heterocycles. The van der Waals surface area contributed by atoms with Crippen LogP contribution >= 0.6 is 0 Å². The second-order valence-corrected chi connectivity index (χ2v) is 6.72. The Morgan fingerprint density at radius 1 is 1.27 bits per heavy atom. The van der Waals surface area contributed by atoms with Crippen molar-refractivity contribution in [1.82, 2.24) is 10.1 Å². The van der Waals surface area contributed by atoms with Crippen molar-refractivity contribution in [2.24, 2.45) is 0 Å². The van der Waals surface area contributed by atoms with Gasteiger partial charge in [-0.1, -0.05) is 11.2 Å². The summed E-state index contributed by atoms with van der Waals surface area (Å²) in [6.45, 7) is 4.69. The fourth-order valence-corrected chi connectivity index (χ4v) is 3.61. The van der Waals surface area contributed by atoms with Gasteiger partial charge >= 0.3 is 0 Å². The van der Waals surface area contributed by atoms with Gasteiger partial charge in [0, 0.05) is 25.1 Å². The smallest absolute Gasteiger partial charge is 0.226 e. The highest BCUT2D eigenvalue weighted by molar-refractivity contribution is 5.89. The first-order chi connectivity index (χ1) is 12.7. The van der Waals surface area contributed by atoms with Crippen molar-refractivity contribution in [3.8, 4) is 11.5 Å². The molecule has 4 rings (SSSR count). The molecule has 1 atom stereocenters. The fraction of sp³-hybridized carbons (Fsp3) is 0.474. The summed E-state index contributed by atoms with van der Waals surface area (Å²) in [6, 6.07) is 8.20. The molecule has 1 saturated heterocycles. The molecule has 0 spiro atoms. The third-order valence-corrected chi connectivity index (χ3v) is 4.84. The number of likely N-dealkylation sites (tertiary alicyclic amines) is 1. The van der Waals surface area contributed by atoms with Gasteiger partial charge in [-0.25, -0.2) is 0 Å². The van der Waals surface area contributed by atoms with Crippen LogP contribution in [0.5, 0.6) is 11.5 Å². The lowest BCUT2D eigenvalue weighted by Gasteiger charge is -2.26. The number of carbonyl (C=O) groups is 1. The van der Waals surface area contributed by atoms with E-state index in [2.05, 4.69) is 27.5 Å². The van der Waals surface area contributed by atoms with Crippen molar-refractivity contribution in [2.45, 2.75) is 32.2 Å². The Kier molecular flexibility index (Phi) is 4.79. The van der Waals surface area contributed by atoms with E-state index < -0.39 is 0 Å². The van der Waals surface area contributed by atoms with Crippen molar-refractivity contribution in [3.63, 3.8) is 0 Å². The summed E-state index contributed by atoms with van der Waals surface area (Å²) in [5, 5.41) is 6.57. The molecule has 7 heteroatoms. The van der Waals surface area contributed by atoms with E-state index in [1.165, 1.54) is 5.56 Å². The zero-order chi connectivity index (χ0) is 17.9. The molecule has 1 amide bonds. The first kappa shape index (κ1) is 16.9. The van der Waals surface area contributed by atoms with Crippen LogP contribution in [0.2, 0.25) is 0 Å². The van der Waals surface area contributed by atoms with Crippen molar-refractivity contribution in [2.75, 3.05) is 31.6 Å². The third kappa shape index (κ3) is 3.67. The molecule has 138 valence electrons. The van der Waals surface area contributed by atoms with Gasteiger partial charge in [-0.15, -0.1) is 0 Å². The molecule has 1 N–H and O–H groups in total. The first-order valence-electron chi connectivity index (χ1n) is 9.06. The summed E-state index contributed by atoms with van der Waals surface area (Å²) in [4.78, 5) is 14.5. The van der Waals surface area contributed by atoms with Gasteiger partial charge in [-0.05, 0) is 44.0 Å². The quantitative estimate of drug-likeness (QED) is 0.887. The Morgan fingerprint density at radius 2 is 2.12 bits per heavy atom. The fourth-order valence-electron chi connectivity index (χ4n) is 3.61. The predicted octanol–water partition coefficient (Wildman–Crippen LogP) is 2.92. The molecule has 7 nitrogen and oxygen atoms in total. The summed E-state index contributed by atoms with van der Waals surface area (Å²) < 4.78 is 16.3. The van der Waals surface area contributed by atoms with Gasteiger partial charge in [0.1, 0.15) is 19.0 Å². The van der Waals surface area contributed by atoms with Crippen LogP contribution in [0.4, 0.5) is 5.82 Å². The highest BCUT2D eigenvalue weighted by Crippen LogP contribution is 2.38. The maximum absolute atomic E-state index is 12.2. The molecule has 2 aliphatic rings. The van der Waals surface area contributed by atoms with Crippen LogP contribution in [0.1, 0.15) is 36.6 Å². The van der Waals surface area contributed by atoms with Gasteiger partial charge < -0.3 is 19.3 Å². The molecule has 1 unspecified atom stereocenters. The van der Waals surface area contributed by atoms with Crippen LogP contribution in [-0.2, 0) is 4.79 Å². The zero-order valence-electron chi connectivity index (χ0n) is 14.9. The Labute approximate surface area is 152 Å². The van der Waals surface area contributed by atoms with Crippen molar-refractivity contribution in [1.29, 1.82) is 0 Å². The lowest BCUT2D eigenvalue weighted by Crippen LogP contribution is -2.28. The molecule has 0 radical (unpaired) electrons. The summed E-state index contributed by atoms with van der Waals surface area (Å²) in [6.07, 6.45) is 2.64. The molecule has 0 bridgehead atoms. The Balaban J connectivity index is 1.36. The van der Waals surface area contributed by atoms with E-state index in [1.54, 1.807) is 13.0 Å². The normalized spacial score (nSPS) is 19.5. The van der Waals surface area contributed by atoms with Gasteiger partial charge in [0.25, 0.3) is 0 Å². The van der Waals surface area contributed by atoms with Crippen molar-refractivity contribution >= 4 is 11.7 Å². The van der Waals surface area contributed by atoms with E-state index >= 15 is 0 Å². The average molecular weight is 357 g/mol. The van der Waals surface area contributed by atoms with Gasteiger partial charge in [-0.2, -0.15) is 0 Å². The minimum Gasteiger partial charge on any atom is -0.486 e. The van der Waals surface area contributed by atoms with Gasteiger partial charge in [0.05, 0.1) is 0 Å². The third-order valence-electron chi connectivity index (χ3n) is 4.84. The number of fused-ring (bicyclic) bond motifs is 1. The molecule has 2 aliphatic heterocycles. The van der Waals surface area contributed by atoms with E-state index in [0.29, 0.717) is 43.8 Å². The van der Waals surface area contributed by atoms with E-state index in [4.69, 9.17) is 14.0 Å². The molecular formula is C19H23N3O4. The average Bonchev–Trinajstić information content (AvgIpc) is 3.28. The zero-order valence-corrected chi connectivity index (χ0v) is 14.9. The van der Waals surface area contributed by atoms with Crippen LogP contribution < -0.4 is 14.8 Å². The van der Waals surface area contributed by atoms with Gasteiger partial charge in [-0.3, -0.25) is 9.69 Å². The number of hydrogen-bond acceptors (Lipinski definition) is 6. The predicted molar refractivity (Wildman–Crippen MR) is 95.5 cm³/mol. The summed E-state index contributed by atoms with van der Waals surface area (Å²) >= 11 is 0. The minimum absolute atomic E-state index is 0.0499. The van der Waals surface area contributed by atoms with Crippen molar-refractivity contribution in [3.05, 3.63) is 35.6 Å². The van der Waals surface area contributed by atoms with Crippen LogP contribution in [0.25, 0.3) is 0 Å². The van der Waals surface area contributed by atoms with E-state index in [9.17, 15) is 4.79 Å². The lowest BCUT2D eigenvalue weighted by atomic mass is 10.0. The Bertz CT molecular complexity index is 789. The number of rotatable bonds is 5. The van der Waals surface area contributed by atoms with E-state index in [-0.39, 0.29) is 5.91 Å². The number of aryl methyl sites for hydroxylation is 1. The highest BCUT2D eigenvalue weighted by Gasteiger charge is 2.27. The number of aromatic nitrogens is 1. The molecule has 2 aromatic rings. The number of nitrogens with zero attached hydrogens (tertiary/aromatic N) is 2. The van der Waals surface area contributed by atoms with Crippen LogP contribution in [0, 0.1) is 6.92 Å². The maximum Gasteiger partial charge on any atom is 0.226 e. The summed E-state index contributed by atoms with van der Waals surface area (Å²) in [7, 11) is 0. The molecule has 0 saturated carbocycles. The topological polar surface area (TPSA) is 76.8 Å².